The van der Waals surface area contributed by atoms with Crippen LogP contribution in [0.2, 0.25) is 0 Å². The summed E-state index contributed by atoms with van der Waals surface area (Å²) in [5.74, 6) is 0.222. The van der Waals surface area contributed by atoms with Gasteiger partial charge in [-0.15, -0.1) is 11.3 Å². The zero-order valence-corrected chi connectivity index (χ0v) is 17.1. The molecule has 1 aliphatic rings. The van der Waals surface area contributed by atoms with Crippen molar-refractivity contribution >= 4 is 33.3 Å². The number of fused-ring (bicyclic) bond motifs is 1. The minimum atomic E-state index is 0.222. The zero-order chi connectivity index (χ0) is 19.0. The van der Waals surface area contributed by atoms with Gasteiger partial charge in [0.25, 0.3) is 0 Å². The molecule has 142 valence electrons. The first-order valence-corrected chi connectivity index (χ1v) is 10.3. The second-order valence-electron chi connectivity index (χ2n) is 7.32. The Hall–Kier alpha value is -2.34. The number of thiazole rings is 1. The third-order valence-electron chi connectivity index (χ3n) is 5.46. The minimum Gasteiger partial charge on any atom is -0.350 e. The molecule has 0 saturated carbocycles. The number of anilines is 1. The predicted octanol–water partition coefficient (Wildman–Crippen LogP) is 3.53. The van der Waals surface area contributed by atoms with E-state index >= 15 is 0 Å². The van der Waals surface area contributed by atoms with Crippen molar-refractivity contribution in [2.24, 2.45) is 7.05 Å². The number of amides is 1. The van der Waals surface area contributed by atoms with Crippen LogP contribution in [0.25, 0.3) is 10.9 Å². The van der Waals surface area contributed by atoms with Crippen LogP contribution in [0.3, 0.4) is 0 Å². The van der Waals surface area contributed by atoms with Gasteiger partial charge < -0.3 is 14.4 Å². The van der Waals surface area contributed by atoms with Crippen molar-refractivity contribution in [2.45, 2.75) is 26.7 Å². The lowest BCUT2D eigenvalue weighted by Gasteiger charge is -2.21. The molecule has 0 radical (unpaired) electrons. The Balaban J connectivity index is 1.45. The molecule has 0 unspecified atom stereocenters. The molecule has 0 aliphatic carbocycles. The van der Waals surface area contributed by atoms with Gasteiger partial charge in [0.15, 0.2) is 5.13 Å². The van der Waals surface area contributed by atoms with Gasteiger partial charge in [0.2, 0.25) is 5.91 Å². The maximum absolute atomic E-state index is 13.0. The SMILES string of the molecule is Cc1nc(N2CCCN(C(=O)Cc3cn(C)c4ccccc34)CC2)sc1C. The number of hydrogen-bond acceptors (Lipinski definition) is 4. The number of carbonyl (C=O) groups excluding carboxylic acids is 1. The van der Waals surface area contributed by atoms with Crippen LogP contribution in [0, 0.1) is 13.8 Å². The smallest absolute Gasteiger partial charge is 0.227 e. The molecule has 0 atom stereocenters. The minimum absolute atomic E-state index is 0.222. The molecule has 5 nitrogen and oxygen atoms in total. The van der Waals surface area contributed by atoms with Crippen LogP contribution in [0.15, 0.2) is 30.5 Å². The summed E-state index contributed by atoms with van der Waals surface area (Å²) in [6.45, 7) is 7.59. The van der Waals surface area contributed by atoms with Gasteiger partial charge in [0.1, 0.15) is 0 Å². The topological polar surface area (TPSA) is 41.4 Å². The quantitative estimate of drug-likeness (QED) is 0.696. The summed E-state index contributed by atoms with van der Waals surface area (Å²) in [4.78, 5) is 23.3. The Morgan fingerprint density at radius 3 is 2.74 bits per heavy atom. The highest BCUT2D eigenvalue weighted by molar-refractivity contribution is 7.15. The maximum atomic E-state index is 13.0. The lowest BCUT2D eigenvalue weighted by molar-refractivity contribution is -0.130. The second-order valence-corrected chi connectivity index (χ2v) is 8.50. The van der Waals surface area contributed by atoms with E-state index in [0.717, 1.165) is 49.0 Å². The van der Waals surface area contributed by atoms with Crippen LogP contribution < -0.4 is 4.90 Å². The molecule has 6 heteroatoms. The molecule has 4 rings (SSSR count). The Morgan fingerprint density at radius 1 is 1.15 bits per heavy atom. The van der Waals surface area contributed by atoms with E-state index in [1.165, 1.54) is 15.8 Å². The Morgan fingerprint density at radius 2 is 1.96 bits per heavy atom. The third-order valence-corrected chi connectivity index (χ3v) is 6.59. The molecular formula is C21H26N4OS. The number of aryl methyl sites for hydroxylation is 3. The van der Waals surface area contributed by atoms with E-state index in [0.29, 0.717) is 6.42 Å². The van der Waals surface area contributed by atoms with E-state index in [4.69, 9.17) is 0 Å². The van der Waals surface area contributed by atoms with Crippen LogP contribution >= 0.6 is 11.3 Å². The van der Waals surface area contributed by atoms with Crippen molar-refractivity contribution < 1.29 is 4.79 Å². The number of carbonyl (C=O) groups is 1. The molecule has 1 fully saturated rings. The number of benzene rings is 1. The molecule has 3 heterocycles. The molecule has 3 aromatic rings. The Labute approximate surface area is 164 Å². The summed E-state index contributed by atoms with van der Waals surface area (Å²) in [5, 5.41) is 2.27. The van der Waals surface area contributed by atoms with E-state index < -0.39 is 0 Å². The molecule has 1 amide bonds. The van der Waals surface area contributed by atoms with Crippen LogP contribution in [0.1, 0.15) is 22.6 Å². The molecule has 1 aromatic carbocycles. The first kappa shape index (κ1) is 18.0. The van der Waals surface area contributed by atoms with Crippen molar-refractivity contribution in [1.82, 2.24) is 14.5 Å². The van der Waals surface area contributed by atoms with Crippen molar-refractivity contribution in [3.63, 3.8) is 0 Å². The van der Waals surface area contributed by atoms with Gasteiger partial charge in [-0.1, -0.05) is 18.2 Å². The fraction of sp³-hybridized carbons (Fsp3) is 0.429. The average molecular weight is 383 g/mol. The van der Waals surface area contributed by atoms with Crippen LogP contribution in [-0.4, -0.2) is 46.5 Å². The number of rotatable bonds is 3. The Kier molecular flexibility index (Phi) is 4.91. The molecule has 0 bridgehead atoms. The van der Waals surface area contributed by atoms with Crippen molar-refractivity contribution in [3.05, 3.63) is 46.6 Å². The molecular weight excluding hydrogens is 356 g/mol. The zero-order valence-electron chi connectivity index (χ0n) is 16.2. The first-order chi connectivity index (χ1) is 13.0. The summed E-state index contributed by atoms with van der Waals surface area (Å²) in [6.07, 6.45) is 3.55. The lowest BCUT2D eigenvalue weighted by atomic mass is 10.1. The van der Waals surface area contributed by atoms with Crippen molar-refractivity contribution in [2.75, 3.05) is 31.1 Å². The lowest BCUT2D eigenvalue weighted by Crippen LogP contribution is -2.36. The van der Waals surface area contributed by atoms with E-state index in [9.17, 15) is 4.79 Å². The van der Waals surface area contributed by atoms with Gasteiger partial charge in [-0.2, -0.15) is 0 Å². The van der Waals surface area contributed by atoms with Gasteiger partial charge in [0.05, 0.1) is 12.1 Å². The fourth-order valence-corrected chi connectivity index (χ4v) is 4.75. The summed E-state index contributed by atoms with van der Waals surface area (Å²) >= 11 is 1.76. The normalized spacial score (nSPS) is 15.4. The van der Waals surface area contributed by atoms with Gasteiger partial charge in [-0.3, -0.25) is 4.79 Å². The molecule has 2 aromatic heterocycles. The van der Waals surface area contributed by atoms with Crippen LogP contribution in [0.5, 0.6) is 0 Å². The molecule has 1 saturated heterocycles. The van der Waals surface area contributed by atoms with Gasteiger partial charge in [-0.25, -0.2) is 4.98 Å². The molecule has 0 N–H and O–H groups in total. The van der Waals surface area contributed by atoms with Crippen molar-refractivity contribution in [1.29, 1.82) is 0 Å². The number of hydrogen-bond donors (Lipinski definition) is 0. The summed E-state index contributed by atoms with van der Waals surface area (Å²) < 4.78 is 2.11. The van der Waals surface area contributed by atoms with Gasteiger partial charge in [0, 0.05) is 55.2 Å². The van der Waals surface area contributed by atoms with E-state index in [1.807, 2.05) is 24.1 Å². The predicted molar refractivity (Wildman–Crippen MR) is 112 cm³/mol. The second kappa shape index (κ2) is 7.35. The van der Waals surface area contributed by atoms with E-state index in [-0.39, 0.29) is 5.91 Å². The Bertz CT molecular complexity index is 954. The highest BCUT2D eigenvalue weighted by Gasteiger charge is 2.22. The number of para-hydroxylation sites is 1. The summed E-state index contributed by atoms with van der Waals surface area (Å²) in [7, 11) is 2.04. The third kappa shape index (κ3) is 3.58. The molecule has 0 spiro atoms. The monoisotopic (exact) mass is 382 g/mol. The highest BCUT2D eigenvalue weighted by atomic mass is 32.1. The van der Waals surface area contributed by atoms with Crippen LogP contribution in [0.4, 0.5) is 5.13 Å². The fourth-order valence-electron chi connectivity index (χ4n) is 3.79. The van der Waals surface area contributed by atoms with E-state index in [1.54, 1.807) is 11.3 Å². The molecule has 1 aliphatic heterocycles. The first-order valence-electron chi connectivity index (χ1n) is 9.52. The highest BCUT2D eigenvalue weighted by Crippen LogP contribution is 2.26. The maximum Gasteiger partial charge on any atom is 0.227 e. The molecule has 27 heavy (non-hydrogen) atoms. The average Bonchev–Trinajstić information content (AvgIpc) is 3.03. The van der Waals surface area contributed by atoms with E-state index in [2.05, 4.69) is 46.6 Å². The van der Waals surface area contributed by atoms with Gasteiger partial charge in [-0.05, 0) is 31.9 Å². The van der Waals surface area contributed by atoms with Gasteiger partial charge >= 0.3 is 0 Å². The largest absolute Gasteiger partial charge is 0.350 e. The standard InChI is InChI=1S/C21H26N4OS/c1-15-16(2)27-21(22-15)25-10-6-9-24(11-12-25)20(26)13-17-14-23(3)19-8-5-4-7-18(17)19/h4-5,7-8,14H,6,9-13H2,1-3H3. The summed E-state index contributed by atoms with van der Waals surface area (Å²) in [6, 6.07) is 8.29. The number of nitrogens with zero attached hydrogens (tertiary/aromatic N) is 4. The number of aromatic nitrogens is 2. The summed E-state index contributed by atoms with van der Waals surface area (Å²) in [5.41, 5.74) is 3.41. The van der Waals surface area contributed by atoms with Crippen LogP contribution in [-0.2, 0) is 18.3 Å². The van der Waals surface area contributed by atoms with Crippen molar-refractivity contribution in [3.8, 4) is 0 Å².